The number of nitrogens with zero attached hydrogens (tertiary/aromatic N) is 3. The molecule has 2 aromatic rings. The van der Waals surface area contributed by atoms with Gasteiger partial charge in [-0.2, -0.15) is 0 Å². The van der Waals surface area contributed by atoms with Crippen molar-refractivity contribution in [2.24, 2.45) is 0 Å². The Morgan fingerprint density at radius 3 is 2.52 bits per heavy atom. The third kappa shape index (κ3) is 3.72. The van der Waals surface area contributed by atoms with Crippen molar-refractivity contribution < 1.29 is 13.9 Å². The Kier molecular flexibility index (Phi) is 4.50. The minimum absolute atomic E-state index is 0.230. The highest BCUT2D eigenvalue weighted by Crippen LogP contribution is 2.32. The number of anilines is 2. The average molecular weight is 344 g/mol. The van der Waals surface area contributed by atoms with E-state index in [2.05, 4.69) is 20.2 Å². The lowest BCUT2D eigenvalue weighted by atomic mass is 10.0. The van der Waals surface area contributed by atoms with Crippen LogP contribution in [0.25, 0.3) is 0 Å². The minimum Gasteiger partial charge on any atom is -0.366 e. The van der Waals surface area contributed by atoms with Crippen molar-refractivity contribution in [3.8, 4) is 0 Å². The molecule has 0 atom stereocenters. The van der Waals surface area contributed by atoms with Gasteiger partial charge in [0.1, 0.15) is 23.8 Å². The Morgan fingerprint density at radius 1 is 1.08 bits per heavy atom. The number of hydrogen-bond acceptors (Lipinski definition) is 6. The molecule has 0 saturated carbocycles. The second-order valence-corrected chi connectivity index (χ2v) is 6.34. The number of ether oxygens (including phenoxy) is 2. The van der Waals surface area contributed by atoms with Gasteiger partial charge in [0.05, 0.1) is 13.2 Å². The van der Waals surface area contributed by atoms with Gasteiger partial charge < -0.3 is 19.7 Å². The summed E-state index contributed by atoms with van der Waals surface area (Å²) in [5, 5.41) is 3.26. The number of hydrogen-bond donors (Lipinski definition) is 1. The van der Waals surface area contributed by atoms with Crippen molar-refractivity contribution >= 4 is 11.6 Å². The molecule has 6 nitrogen and oxygen atoms in total. The van der Waals surface area contributed by atoms with E-state index < -0.39 is 0 Å². The quantitative estimate of drug-likeness (QED) is 0.920. The van der Waals surface area contributed by atoms with Crippen LogP contribution >= 0.6 is 0 Å². The van der Waals surface area contributed by atoms with Crippen molar-refractivity contribution in [2.75, 3.05) is 36.5 Å². The van der Waals surface area contributed by atoms with Crippen molar-refractivity contribution in [3.05, 3.63) is 48.0 Å². The molecule has 132 valence electrons. The van der Waals surface area contributed by atoms with Gasteiger partial charge in [-0.3, -0.25) is 0 Å². The van der Waals surface area contributed by atoms with Crippen LogP contribution in [0.4, 0.5) is 16.0 Å². The first-order chi connectivity index (χ1) is 12.2. The van der Waals surface area contributed by atoms with Gasteiger partial charge in [-0.05, 0) is 17.7 Å². The van der Waals surface area contributed by atoms with E-state index in [1.165, 1.54) is 12.1 Å². The lowest BCUT2D eigenvalue weighted by molar-refractivity contribution is -0.169. The molecule has 0 unspecified atom stereocenters. The topological polar surface area (TPSA) is 59.5 Å². The Bertz CT molecular complexity index is 709. The summed E-state index contributed by atoms with van der Waals surface area (Å²) in [6.45, 7) is 3.64. The molecule has 7 heteroatoms. The van der Waals surface area contributed by atoms with E-state index in [9.17, 15) is 4.39 Å². The molecule has 0 radical (unpaired) electrons. The number of halogens is 1. The van der Waals surface area contributed by atoms with Gasteiger partial charge in [-0.15, -0.1) is 0 Å². The van der Waals surface area contributed by atoms with Crippen LogP contribution in [0.3, 0.4) is 0 Å². The monoisotopic (exact) mass is 344 g/mol. The third-order valence-electron chi connectivity index (χ3n) is 4.70. The van der Waals surface area contributed by atoms with Crippen molar-refractivity contribution in [2.45, 2.75) is 25.2 Å². The molecule has 1 aromatic carbocycles. The van der Waals surface area contributed by atoms with Crippen molar-refractivity contribution in [1.82, 2.24) is 9.97 Å². The van der Waals surface area contributed by atoms with Gasteiger partial charge in [0.15, 0.2) is 5.79 Å². The first-order valence-corrected chi connectivity index (χ1v) is 8.56. The van der Waals surface area contributed by atoms with Gasteiger partial charge in [-0.25, -0.2) is 14.4 Å². The van der Waals surface area contributed by atoms with E-state index in [0.717, 1.165) is 43.1 Å². The van der Waals surface area contributed by atoms with Crippen LogP contribution < -0.4 is 10.2 Å². The number of benzene rings is 1. The van der Waals surface area contributed by atoms with Gasteiger partial charge >= 0.3 is 0 Å². The van der Waals surface area contributed by atoms with E-state index in [1.54, 1.807) is 18.5 Å². The number of nitrogens with one attached hydrogen (secondary N) is 1. The zero-order valence-corrected chi connectivity index (χ0v) is 13.9. The molecule has 0 amide bonds. The number of rotatable bonds is 4. The van der Waals surface area contributed by atoms with Gasteiger partial charge in [-0.1, -0.05) is 12.1 Å². The molecule has 2 saturated heterocycles. The third-order valence-corrected chi connectivity index (χ3v) is 4.70. The minimum atomic E-state index is -0.382. The summed E-state index contributed by atoms with van der Waals surface area (Å²) < 4.78 is 24.5. The average Bonchev–Trinajstić information content (AvgIpc) is 3.10. The van der Waals surface area contributed by atoms with Crippen molar-refractivity contribution in [3.63, 3.8) is 0 Å². The largest absolute Gasteiger partial charge is 0.366 e. The van der Waals surface area contributed by atoms with Gasteiger partial charge in [0.2, 0.25) is 0 Å². The molecular weight excluding hydrogens is 323 g/mol. The molecule has 1 spiro atoms. The lowest BCUT2D eigenvalue weighted by Gasteiger charge is -2.38. The smallest absolute Gasteiger partial charge is 0.171 e. The SMILES string of the molecule is Fc1ccc(CNc2cc(N3CCC4(CC3)OCCO4)ncn2)cc1. The molecule has 25 heavy (non-hydrogen) atoms. The zero-order valence-electron chi connectivity index (χ0n) is 13.9. The zero-order chi connectivity index (χ0) is 17.1. The highest BCUT2D eigenvalue weighted by atomic mass is 19.1. The summed E-state index contributed by atoms with van der Waals surface area (Å²) >= 11 is 0. The fourth-order valence-electron chi connectivity index (χ4n) is 3.27. The molecule has 2 fully saturated rings. The molecule has 2 aliphatic heterocycles. The summed E-state index contributed by atoms with van der Waals surface area (Å²) in [6.07, 6.45) is 3.25. The first-order valence-electron chi connectivity index (χ1n) is 8.56. The second-order valence-electron chi connectivity index (χ2n) is 6.34. The summed E-state index contributed by atoms with van der Waals surface area (Å²) in [7, 11) is 0. The summed E-state index contributed by atoms with van der Waals surface area (Å²) in [5.41, 5.74) is 0.997. The molecule has 0 bridgehead atoms. The Hall–Kier alpha value is -2.25. The molecule has 4 rings (SSSR count). The molecule has 3 heterocycles. The Balaban J connectivity index is 1.37. The fourth-order valence-corrected chi connectivity index (χ4v) is 3.27. The van der Waals surface area contributed by atoms with Crippen molar-refractivity contribution in [1.29, 1.82) is 0 Å². The van der Waals surface area contributed by atoms with E-state index in [-0.39, 0.29) is 11.6 Å². The van der Waals surface area contributed by atoms with E-state index >= 15 is 0 Å². The predicted octanol–water partition coefficient (Wildman–Crippen LogP) is 2.57. The standard InChI is InChI=1S/C18H21FN4O2/c19-15-3-1-14(2-4-15)12-20-16-11-17(22-13-21-16)23-7-5-18(6-8-23)24-9-10-25-18/h1-4,11,13H,5-10,12H2,(H,20,21,22). The van der Waals surface area contributed by atoms with E-state index in [1.807, 2.05) is 6.07 Å². The Morgan fingerprint density at radius 2 is 1.80 bits per heavy atom. The molecule has 1 aromatic heterocycles. The van der Waals surface area contributed by atoms with Crippen LogP contribution in [-0.4, -0.2) is 42.1 Å². The number of aromatic nitrogens is 2. The van der Waals surface area contributed by atoms with Crippen LogP contribution in [-0.2, 0) is 16.0 Å². The number of piperidine rings is 1. The van der Waals surface area contributed by atoms with Gasteiger partial charge in [0, 0.05) is 38.5 Å². The normalized spacial score (nSPS) is 19.3. The summed E-state index contributed by atoms with van der Waals surface area (Å²) in [4.78, 5) is 10.9. The van der Waals surface area contributed by atoms with Crippen LogP contribution in [0, 0.1) is 5.82 Å². The molecule has 0 aliphatic carbocycles. The predicted molar refractivity (Wildman–Crippen MR) is 91.8 cm³/mol. The molecule has 1 N–H and O–H groups in total. The van der Waals surface area contributed by atoms with Gasteiger partial charge in [0.25, 0.3) is 0 Å². The molecular formula is C18H21FN4O2. The lowest BCUT2D eigenvalue weighted by Crippen LogP contribution is -2.45. The summed E-state index contributed by atoms with van der Waals surface area (Å²) in [5.74, 6) is 1.03. The summed E-state index contributed by atoms with van der Waals surface area (Å²) in [6, 6.07) is 8.38. The maximum Gasteiger partial charge on any atom is 0.171 e. The second kappa shape index (κ2) is 6.93. The van der Waals surface area contributed by atoms with Crippen LogP contribution in [0.1, 0.15) is 18.4 Å². The molecule has 2 aliphatic rings. The van der Waals surface area contributed by atoms with E-state index in [0.29, 0.717) is 19.8 Å². The van der Waals surface area contributed by atoms with E-state index in [4.69, 9.17) is 9.47 Å². The Labute approximate surface area is 146 Å². The highest BCUT2D eigenvalue weighted by Gasteiger charge is 2.40. The first kappa shape index (κ1) is 16.2. The maximum absolute atomic E-state index is 13.0. The van der Waals surface area contributed by atoms with Crippen LogP contribution in [0.5, 0.6) is 0 Å². The van der Waals surface area contributed by atoms with Crippen LogP contribution in [0.15, 0.2) is 36.7 Å². The maximum atomic E-state index is 13.0. The highest BCUT2D eigenvalue weighted by molar-refractivity contribution is 5.49. The fraction of sp³-hybridized carbons (Fsp3) is 0.444. The van der Waals surface area contributed by atoms with Crippen LogP contribution in [0.2, 0.25) is 0 Å².